The van der Waals surface area contributed by atoms with Crippen molar-refractivity contribution >= 4 is 11.9 Å². The fourth-order valence-electron chi connectivity index (χ4n) is 1.55. The fraction of sp³-hybridized carbons (Fsp3) is 0.545. The number of nitrogens with one attached hydrogen (secondary N) is 1. The van der Waals surface area contributed by atoms with Gasteiger partial charge in [0, 0.05) is 0 Å². The number of hydrogen-bond donors (Lipinski definition) is 3. The first-order valence-electron chi connectivity index (χ1n) is 5.55. The number of nitrogens with zero attached hydrogens (tertiary/aromatic N) is 1. The summed E-state index contributed by atoms with van der Waals surface area (Å²) >= 11 is 0. The van der Waals surface area contributed by atoms with Crippen molar-refractivity contribution in [1.29, 1.82) is 0 Å². The molecule has 0 spiro atoms. The lowest BCUT2D eigenvalue weighted by molar-refractivity contribution is -0.141. The number of hydrogen-bond acceptors (Lipinski definition) is 5. The van der Waals surface area contributed by atoms with Gasteiger partial charge in [0.15, 0.2) is 6.04 Å². The molecule has 0 unspecified atom stereocenters. The molecule has 0 fully saturated rings. The molecule has 0 aromatic carbocycles. The highest BCUT2D eigenvalue weighted by Gasteiger charge is 2.28. The van der Waals surface area contributed by atoms with E-state index in [1.807, 2.05) is 0 Å². The molecule has 7 nitrogen and oxygen atoms in total. The van der Waals surface area contributed by atoms with Gasteiger partial charge >= 0.3 is 5.97 Å². The molecule has 0 aliphatic carbocycles. The van der Waals surface area contributed by atoms with E-state index < -0.39 is 24.0 Å². The second-order valence-electron chi connectivity index (χ2n) is 3.94. The summed E-state index contributed by atoms with van der Waals surface area (Å²) in [4.78, 5) is 22.8. The Bertz CT molecular complexity index is 452. The molecule has 3 N–H and O–H groups in total. The largest absolute Gasteiger partial charge is 0.480 e. The van der Waals surface area contributed by atoms with Crippen LogP contribution in [0.1, 0.15) is 35.7 Å². The van der Waals surface area contributed by atoms with Crippen LogP contribution >= 0.6 is 0 Å². The Hall–Kier alpha value is -1.89. The third-order valence-corrected chi connectivity index (χ3v) is 2.53. The molecule has 0 aliphatic rings. The van der Waals surface area contributed by atoms with Crippen molar-refractivity contribution < 1.29 is 24.3 Å². The summed E-state index contributed by atoms with van der Waals surface area (Å²) < 4.78 is 4.89. The molecule has 7 heteroatoms. The molecule has 0 aliphatic heterocycles. The Labute approximate surface area is 104 Å². The number of aliphatic carboxylic acids is 1. The zero-order valence-corrected chi connectivity index (χ0v) is 10.4. The summed E-state index contributed by atoms with van der Waals surface area (Å²) in [5.41, 5.74) is 0.684. The van der Waals surface area contributed by atoms with Crippen LogP contribution < -0.4 is 5.32 Å². The Morgan fingerprint density at radius 3 is 2.56 bits per heavy atom. The number of aryl methyl sites for hydroxylation is 2. The smallest absolute Gasteiger partial charge is 0.328 e. The molecule has 0 saturated heterocycles. The normalized spacial score (nSPS) is 14.0. The number of carboxylic acids is 1. The van der Waals surface area contributed by atoms with Crippen LogP contribution in [0, 0.1) is 6.92 Å². The highest BCUT2D eigenvalue weighted by molar-refractivity contribution is 5.98. The van der Waals surface area contributed by atoms with E-state index in [4.69, 9.17) is 9.63 Å². The van der Waals surface area contributed by atoms with Crippen molar-refractivity contribution in [3.63, 3.8) is 0 Å². The molecular weight excluding hydrogens is 240 g/mol. The summed E-state index contributed by atoms with van der Waals surface area (Å²) in [5, 5.41) is 24.1. The monoisotopic (exact) mass is 256 g/mol. The van der Waals surface area contributed by atoms with Crippen LogP contribution in [0.4, 0.5) is 0 Å². The van der Waals surface area contributed by atoms with Gasteiger partial charge in [0.2, 0.25) is 0 Å². The zero-order valence-electron chi connectivity index (χ0n) is 10.4. The van der Waals surface area contributed by atoms with Crippen molar-refractivity contribution in [2.24, 2.45) is 0 Å². The molecule has 2 atom stereocenters. The van der Waals surface area contributed by atoms with E-state index >= 15 is 0 Å². The number of rotatable bonds is 5. The van der Waals surface area contributed by atoms with Crippen molar-refractivity contribution in [1.82, 2.24) is 10.5 Å². The van der Waals surface area contributed by atoms with E-state index in [1.54, 1.807) is 13.8 Å². The highest BCUT2D eigenvalue weighted by Crippen LogP contribution is 2.14. The third kappa shape index (κ3) is 2.86. The van der Waals surface area contributed by atoms with Gasteiger partial charge in [-0.2, -0.15) is 0 Å². The Morgan fingerprint density at radius 2 is 2.11 bits per heavy atom. The number of carbonyl (C=O) groups excluding carboxylic acids is 1. The van der Waals surface area contributed by atoms with E-state index in [0.717, 1.165) is 0 Å². The maximum Gasteiger partial charge on any atom is 0.328 e. The maximum atomic E-state index is 11.9. The minimum atomic E-state index is -1.36. The standard InChI is InChI=1S/C11H16N2O5/c1-4-7-8(6(3)18-13-7)10(15)12-9(5(2)14)11(16)17/h5,9,14H,4H2,1-3H3,(H,12,15)(H,16,17)/t5-,9+/m1/s1. The minimum Gasteiger partial charge on any atom is -0.480 e. The van der Waals surface area contributed by atoms with Crippen LogP contribution in [0.2, 0.25) is 0 Å². The van der Waals surface area contributed by atoms with Gasteiger partial charge in [-0.05, 0) is 20.3 Å². The summed E-state index contributed by atoms with van der Waals surface area (Å²) in [5.74, 6) is -1.59. The molecule has 100 valence electrons. The van der Waals surface area contributed by atoms with Gasteiger partial charge in [-0.25, -0.2) is 4.79 Å². The number of carbonyl (C=O) groups is 2. The van der Waals surface area contributed by atoms with Crippen LogP contribution in [-0.2, 0) is 11.2 Å². The minimum absolute atomic E-state index is 0.226. The summed E-state index contributed by atoms with van der Waals surface area (Å²) in [6, 6.07) is -1.36. The predicted octanol–water partition coefficient (Wildman–Crippen LogP) is 0.109. The van der Waals surface area contributed by atoms with Crippen molar-refractivity contribution in [3.8, 4) is 0 Å². The van der Waals surface area contributed by atoms with E-state index in [0.29, 0.717) is 17.9 Å². The van der Waals surface area contributed by atoms with Crippen molar-refractivity contribution in [2.45, 2.75) is 39.3 Å². The lowest BCUT2D eigenvalue weighted by Crippen LogP contribution is -2.47. The first kappa shape index (κ1) is 14.2. The molecule has 18 heavy (non-hydrogen) atoms. The molecule has 0 bridgehead atoms. The Morgan fingerprint density at radius 1 is 1.50 bits per heavy atom. The van der Waals surface area contributed by atoms with Gasteiger partial charge < -0.3 is 20.1 Å². The predicted molar refractivity (Wildman–Crippen MR) is 61.2 cm³/mol. The number of aliphatic hydroxyl groups is 1. The van der Waals surface area contributed by atoms with Gasteiger partial charge in [0.25, 0.3) is 5.91 Å². The molecule has 0 saturated carbocycles. The average molecular weight is 256 g/mol. The van der Waals surface area contributed by atoms with Crippen LogP contribution in [0.3, 0.4) is 0 Å². The van der Waals surface area contributed by atoms with E-state index in [2.05, 4.69) is 10.5 Å². The van der Waals surface area contributed by atoms with Gasteiger partial charge in [-0.15, -0.1) is 0 Å². The van der Waals surface area contributed by atoms with Crippen LogP contribution in [0.25, 0.3) is 0 Å². The number of aromatic nitrogens is 1. The second kappa shape index (κ2) is 5.63. The SMILES string of the molecule is CCc1noc(C)c1C(=O)N[C@H](C(=O)O)[C@@H](C)O. The van der Waals surface area contributed by atoms with Gasteiger partial charge in [0.1, 0.15) is 11.3 Å². The zero-order chi connectivity index (χ0) is 13.9. The molecule has 1 aromatic heterocycles. The molecule has 1 amide bonds. The topological polar surface area (TPSA) is 113 Å². The Kier molecular flexibility index (Phi) is 4.43. The average Bonchev–Trinajstić information content (AvgIpc) is 2.66. The molecular formula is C11H16N2O5. The number of carboxylic acid groups (broad SMARTS) is 1. The van der Waals surface area contributed by atoms with Crippen LogP contribution in [0.5, 0.6) is 0 Å². The number of aliphatic hydroxyl groups excluding tert-OH is 1. The van der Waals surface area contributed by atoms with Crippen LogP contribution in [-0.4, -0.2) is 39.4 Å². The lowest BCUT2D eigenvalue weighted by atomic mass is 10.1. The van der Waals surface area contributed by atoms with E-state index in [9.17, 15) is 14.7 Å². The van der Waals surface area contributed by atoms with Gasteiger partial charge in [0.05, 0.1) is 11.8 Å². The van der Waals surface area contributed by atoms with Gasteiger partial charge in [-0.1, -0.05) is 12.1 Å². The first-order chi connectivity index (χ1) is 8.38. The molecule has 1 aromatic rings. The highest BCUT2D eigenvalue weighted by atomic mass is 16.5. The quantitative estimate of drug-likeness (QED) is 0.689. The molecule has 0 radical (unpaired) electrons. The molecule has 1 rings (SSSR count). The Balaban J connectivity index is 2.94. The van der Waals surface area contributed by atoms with E-state index in [1.165, 1.54) is 6.92 Å². The molecule has 1 heterocycles. The number of amides is 1. The first-order valence-corrected chi connectivity index (χ1v) is 5.55. The summed E-state index contributed by atoms with van der Waals surface area (Å²) in [6.07, 6.45) is -0.705. The second-order valence-corrected chi connectivity index (χ2v) is 3.94. The van der Waals surface area contributed by atoms with Crippen LogP contribution in [0.15, 0.2) is 4.52 Å². The lowest BCUT2D eigenvalue weighted by Gasteiger charge is -2.16. The maximum absolute atomic E-state index is 11.9. The third-order valence-electron chi connectivity index (χ3n) is 2.53. The van der Waals surface area contributed by atoms with Gasteiger partial charge in [-0.3, -0.25) is 4.79 Å². The van der Waals surface area contributed by atoms with E-state index in [-0.39, 0.29) is 5.56 Å². The summed E-state index contributed by atoms with van der Waals surface area (Å²) in [6.45, 7) is 4.66. The summed E-state index contributed by atoms with van der Waals surface area (Å²) in [7, 11) is 0. The fourth-order valence-corrected chi connectivity index (χ4v) is 1.55. The van der Waals surface area contributed by atoms with Crippen molar-refractivity contribution in [2.75, 3.05) is 0 Å². The van der Waals surface area contributed by atoms with Crippen molar-refractivity contribution in [3.05, 3.63) is 17.0 Å².